The summed E-state index contributed by atoms with van der Waals surface area (Å²) in [5, 5.41) is 15.3. The van der Waals surface area contributed by atoms with Crippen molar-refractivity contribution >= 4 is 40.2 Å². The van der Waals surface area contributed by atoms with Gasteiger partial charge in [0.25, 0.3) is 0 Å². The molecule has 5 aromatic rings. The molecule has 12 heteroatoms. The number of hydrogen-bond acceptors (Lipinski definition) is 6. The molecule has 0 saturated carbocycles. The van der Waals surface area contributed by atoms with Gasteiger partial charge in [-0.2, -0.15) is 5.10 Å². The van der Waals surface area contributed by atoms with Crippen LogP contribution in [0.3, 0.4) is 0 Å². The lowest BCUT2D eigenvalue weighted by Gasteiger charge is -2.31. The Morgan fingerprint density at radius 3 is 2.60 bits per heavy atom. The summed E-state index contributed by atoms with van der Waals surface area (Å²) >= 11 is 12.2. The number of nitrogens with zero attached hydrogens (tertiary/aromatic N) is 7. The van der Waals surface area contributed by atoms with Gasteiger partial charge in [-0.25, -0.2) is 14.8 Å². The number of aromatic carboxylic acids is 1. The summed E-state index contributed by atoms with van der Waals surface area (Å²) in [5.41, 5.74) is 3.78. The van der Waals surface area contributed by atoms with E-state index in [2.05, 4.69) is 25.9 Å². The Labute approximate surface area is 273 Å². The Balaban J connectivity index is 0.00000196. The van der Waals surface area contributed by atoms with Gasteiger partial charge in [-0.3, -0.25) is 9.58 Å². The van der Waals surface area contributed by atoms with Crippen molar-refractivity contribution in [2.75, 3.05) is 13.1 Å². The van der Waals surface area contributed by atoms with Crippen molar-refractivity contribution in [2.24, 2.45) is 5.92 Å². The van der Waals surface area contributed by atoms with Crippen LogP contribution in [-0.2, 0) is 32.8 Å². The van der Waals surface area contributed by atoms with Crippen molar-refractivity contribution in [3.63, 3.8) is 0 Å². The number of fused-ring (bicyclic) bond motifs is 1. The minimum absolute atomic E-state index is 0.257. The fourth-order valence-corrected chi connectivity index (χ4v) is 6.11. The number of rotatable bonds is 11. The van der Waals surface area contributed by atoms with Gasteiger partial charge in [0.1, 0.15) is 18.2 Å². The maximum atomic E-state index is 11.7. The number of imidazole rings is 2. The van der Waals surface area contributed by atoms with Crippen molar-refractivity contribution in [2.45, 2.75) is 66.4 Å². The molecule has 45 heavy (non-hydrogen) atoms. The maximum absolute atomic E-state index is 11.7. The first kappa shape index (κ1) is 32.5. The molecule has 0 spiro atoms. The van der Waals surface area contributed by atoms with Gasteiger partial charge in [-0.1, -0.05) is 37.0 Å². The Morgan fingerprint density at radius 2 is 1.87 bits per heavy atom. The van der Waals surface area contributed by atoms with E-state index in [4.69, 9.17) is 38.0 Å². The van der Waals surface area contributed by atoms with Crippen LogP contribution < -0.4 is 4.74 Å². The van der Waals surface area contributed by atoms with Crippen LogP contribution in [0.1, 0.15) is 61.2 Å². The number of carboxylic acid groups (broad SMARTS) is 1. The number of piperidine rings is 1. The van der Waals surface area contributed by atoms with Gasteiger partial charge in [-0.05, 0) is 81.2 Å². The number of likely N-dealkylation sites (tertiary alicyclic amines) is 1. The van der Waals surface area contributed by atoms with Crippen LogP contribution in [0.5, 0.6) is 5.75 Å². The number of aromatic nitrogens is 6. The number of halogens is 2. The SMILES string of the molecule is CC.CCn1cncc1Cn1c(CN2CCC(Cn3ccc(COc4ccc(Cl)cc4Cl)n3)CC2)nc2ccc(C(=O)O)cc21. The molecule has 3 aromatic heterocycles. The molecule has 0 amide bonds. The zero-order valence-corrected chi connectivity index (χ0v) is 27.4. The molecule has 4 heterocycles. The third-order valence-electron chi connectivity index (χ3n) is 8.02. The lowest BCUT2D eigenvalue weighted by atomic mass is 9.97. The minimum atomic E-state index is -0.945. The second-order valence-electron chi connectivity index (χ2n) is 10.9. The highest BCUT2D eigenvalue weighted by Gasteiger charge is 2.23. The second kappa shape index (κ2) is 14.9. The molecule has 0 bridgehead atoms. The van der Waals surface area contributed by atoms with E-state index in [9.17, 15) is 9.90 Å². The molecule has 238 valence electrons. The molecule has 1 aliphatic rings. The molecule has 2 aromatic carbocycles. The van der Waals surface area contributed by atoms with Crippen molar-refractivity contribution in [1.82, 2.24) is 33.8 Å². The van der Waals surface area contributed by atoms with Crippen LogP contribution in [0.4, 0.5) is 0 Å². The predicted octanol–water partition coefficient (Wildman–Crippen LogP) is 7.02. The summed E-state index contributed by atoms with van der Waals surface area (Å²) < 4.78 is 12.1. The lowest BCUT2D eigenvalue weighted by molar-refractivity contribution is 0.0697. The summed E-state index contributed by atoms with van der Waals surface area (Å²) in [6.07, 6.45) is 7.80. The molecule has 10 nitrogen and oxygen atoms in total. The van der Waals surface area contributed by atoms with E-state index in [0.29, 0.717) is 41.4 Å². The minimum Gasteiger partial charge on any atom is -0.486 e. The van der Waals surface area contributed by atoms with Crippen LogP contribution >= 0.6 is 23.2 Å². The zero-order valence-electron chi connectivity index (χ0n) is 25.9. The number of ether oxygens (including phenoxy) is 1. The first-order valence-electron chi connectivity index (χ1n) is 15.4. The second-order valence-corrected chi connectivity index (χ2v) is 11.7. The van der Waals surface area contributed by atoms with Crippen molar-refractivity contribution < 1.29 is 14.6 Å². The fourth-order valence-electron chi connectivity index (χ4n) is 5.65. The number of hydrogen-bond donors (Lipinski definition) is 1. The lowest BCUT2D eigenvalue weighted by Crippen LogP contribution is -2.35. The monoisotopic (exact) mass is 651 g/mol. The molecule has 1 N–H and O–H groups in total. The summed E-state index contributed by atoms with van der Waals surface area (Å²) in [6.45, 7) is 11.3. The smallest absolute Gasteiger partial charge is 0.335 e. The number of carbonyl (C=O) groups is 1. The van der Waals surface area contributed by atoms with Crippen molar-refractivity contribution in [3.05, 3.63) is 94.0 Å². The standard InChI is InChI=1S/C31H33Cl2N7O3.C2H6/c1-2-38-20-34-15-25(38)17-40-28-13-22(31(41)42)3-5-27(28)35-30(40)18-37-10-7-21(8-11-37)16-39-12-9-24(36-39)19-43-29-6-4-23(32)14-26(29)33;1-2/h3-6,9,12-15,20-21H,2,7-8,10-11,16-19H2,1H3,(H,41,42);1-2H3. The molecule has 6 rings (SSSR count). The van der Waals surface area contributed by atoms with E-state index in [-0.39, 0.29) is 5.56 Å². The zero-order chi connectivity index (χ0) is 31.9. The molecule has 1 aliphatic heterocycles. The Hall–Kier alpha value is -3.86. The van der Waals surface area contributed by atoms with Gasteiger partial charge in [0.2, 0.25) is 0 Å². The van der Waals surface area contributed by atoms with Crippen LogP contribution in [0.15, 0.2) is 61.2 Å². The van der Waals surface area contributed by atoms with Gasteiger partial charge in [0.05, 0.1) is 52.4 Å². The molecule has 0 unspecified atom stereocenters. The molecular weight excluding hydrogens is 613 g/mol. The average molecular weight is 653 g/mol. The Morgan fingerprint density at radius 1 is 1.07 bits per heavy atom. The highest BCUT2D eigenvalue weighted by molar-refractivity contribution is 6.35. The van der Waals surface area contributed by atoms with Gasteiger partial charge < -0.3 is 19.0 Å². The third kappa shape index (κ3) is 7.87. The quantitative estimate of drug-likeness (QED) is 0.164. The summed E-state index contributed by atoms with van der Waals surface area (Å²) in [7, 11) is 0. The van der Waals surface area contributed by atoms with Crippen LogP contribution in [-0.4, -0.2) is 57.9 Å². The van der Waals surface area contributed by atoms with E-state index in [1.807, 2.05) is 43.3 Å². The Kier molecular flexibility index (Phi) is 10.8. The molecule has 0 aliphatic carbocycles. The average Bonchev–Trinajstić information content (AvgIpc) is 3.78. The predicted molar refractivity (Wildman–Crippen MR) is 176 cm³/mol. The third-order valence-corrected chi connectivity index (χ3v) is 8.55. The highest BCUT2D eigenvalue weighted by atomic mass is 35.5. The number of aryl methyl sites for hydroxylation is 1. The van der Waals surface area contributed by atoms with E-state index < -0.39 is 5.97 Å². The molecular formula is C33H39Cl2N7O3. The first-order chi connectivity index (χ1) is 21.9. The van der Waals surface area contributed by atoms with E-state index in [1.165, 1.54) is 0 Å². The highest BCUT2D eigenvalue weighted by Crippen LogP contribution is 2.28. The van der Waals surface area contributed by atoms with Crippen molar-refractivity contribution in [1.29, 1.82) is 0 Å². The first-order valence-corrected chi connectivity index (χ1v) is 16.2. The summed E-state index contributed by atoms with van der Waals surface area (Å²) in [6, 6.07) is 12.3. The van der Waals surface area contributed by atoms with Gasteiger partial charge in [0, 0.05) is 30.5 Å². The van der Waals surface area contributed by atoms with Crippen LogP contribution in [0.2, 0.25) is 10.0 Å². The van der Waals surface area contributed by atoms with Crippen molar-refractivity contribution in [3.8, 4) is 5.75 Å². The number of carboxylic acids is 1. The van der Waals surface area contributed by atoms with Gasteiger partial charge >= 0.3 is 5.97 Å². The summed E-state index contributed by atoms with van der Waals surface area (Å²) in [4.78, 5) is 23.4. The van der Waals surface area contributed by atoms with Crippen LogP contribution in [0.25, 0.3) is 11.0 Å². The van der Waals surface area contributed by atoms with E-state index in [1.54, 1.807) is 36.4 Å². The number of benzene rings is 2. The van der Waals surface area contributed by atoms with E-state index >= 15 is 0 Å². The van der Waals surface area contributed by atoms with Gasteiger partial charge in [-0.15, -0.1) is 0 Å². The summed E-state index contributed by atoms with van der Waals surface area (Å²) in [5.74, 6) is 1.09. The molecule has 1 saturated heterocycles. The molecule has 0 atom stereocenters. The normalized spacial score (nSPS) is 14.0. The molecule has 0 radical (unpaired) electrons. The topological polar surface area (TPSA) is 103 Å². The maximum Gasteiger partial charge on any atom is 0.335 e. The largest absolute Gasteiger partial charge is 0.486 e. The van der Waals surface area contributed by atoms with E-state index in [0.717, 1.165) is 67.3 Å². The molecule has 1 fully saturated rings. The van der Waals surface area contributed by atoms with Gasteiger partial charge in [0.15, 0.2) is 0 Å². The Bertz CT molecular complexity index is 1740. The van der Waals surface area contributed by atoms with Crippen LogP contribution in [0, 0.1) is 5.92 Å². The fraction of sp³-hybridized carbons (Fsp3) is 0.394.